The van der Waals surface area contributed by atoms with E-state index in [2.05, 4.69) is 30.4 Å². The number of carbonyl (C=O) groups excluding carboxylic acids is 3. The second-order valence-corrected chi connectivity index (χ2v) is 7.96. The third kappa shape index (κ3) is 9.53. The lowest BCUT2D eigenvalue weighted by Gasteiger charge is -2.15. The molecule has 1 saturated carbocycles. The average Bonchev–Trinajstić information content (AvgIpc) is 3.04. The molecule has 1 fully saturated rings. The van der Waals surface area contributed by atoms with Gasteiger partial charge in [-0.2, -0.15) is 0 Å². The Labute approximate surface area is 175 Å². The molecule has 0 bridgehead atoms. The van der Waals surface area contributed by atoms with Crippen LogP contribution in [0.2, 0.25) is 0 Å². The van der Waals surface area contributed by atoms with Gasteiger partial charge in [-0.25, -0.2) is 4.79 Å². The van der Waals surface area contributed by atoms with Gasteiger partial charge in [-0.1, -0.05) is 50.5 Å². The number of aliphatic hydroxyl groups is 1. The molecule has 1 aliphatic rings. The van der Waals surface area contributed by atoms with Crippen molar-refractivity contribution >= 4 is 17.5 Å². The van der Waals surface area contributed by atoms with Crippen LogP contribution in [0.25, 0.3) is 0 Å². The fourth-order valence-corrected chi connectivity index (χ4v) is 3.91. The highest BCUT2D eigenvalue weighted by molar-refractivity contribution is 6.01. The average molecular weight is 407 g/mol. The summed E-state index contributed by atoms with van der Waals surface area (Å²) < 4.78 is 4.65. The topological polar surface area (TPSA) is 80.7 Å². The Balaban J connectivity index is 2.29. The zero-order chi connectivity index (χ0) is 21.6. The first kappa shape index (κ1) is 25.3. The van der Waals surface area contributed by atoms with E-state index >= 15 is 0 Å². The Morgan fingerprint density at radius 3 is 2.66 bits per heavy atom. The zero-order valence-corrected chi connectivity index (χ0v) is 18.2. The van der Waals surface area contributed by atoms with Gasteiger partial charge in [0.05, 0.1) is 6.61 Å². The molecule has 3 atom stereocenters. The molecular weight excluding hydrogens is 368 g/mol. The van der Waals surface area contributed by atoms with Crippen LogP contribution < -0.4 is 0 Å². The highest BCUT2D eigenvalue weighted by Crippen LogP contribution is 2.34. The minimum absolute atomic E-state index is 0.0888. The number of hydrogen-bond donors (Lipinski definition) is 1. The highest BCUT2D eigenvalue weighted by atomic mass is 16.5. The Morgan fingerprint density at radius 2 is 1.97 bits per heavy atom. The number of allylic oxidation sites excluding steroid dienone is 3. The number of carbonyl (C=O) groups is 3. The van der Waals surface area contributed by atoms with Gasteiger partial charge in [0, 0.05) is 18.8 Å². The fourth-order valence-electron chi connectivity index (χ4n) is 3.91. The first-order valence-corrected chi connectivity index (χ1v) is 11.1. The Morgan fingerprint density at radius 1 is 1.21 bits per heavy atom. The minimum atomic E-state index is -1.67. The maximum Gasteiger partial charge on any atom is 0.342 e. The predicted molar refractivity (Wildman–Crippen MR) is 114 cm³/mol. The minimum Gasteiger partial charge on any atom is -0.464 e. The van der Waals surface area contributed by atoms with Gasteiger partial charge in [0.25, 0.3) is 0 Å². The summed E-state index contributed by atoms with van der Waals surface area (Å²) in [7, 11) is 0. The van der Waals surface area contributed by atoms with Crippen molar-refractivity contribution in [3.63, 3.8) is 0 Å². The molecule has 164 valence electrons. The number of rotatable bonds is 15. The number of esters is 1. The molecule has 0 aromatic rings. The number of aliphatic hydroxyl groups excluding tert-OH is 1. The summed E-state index contributed by atoms with van der Waals surface area (Å²) in [5.41, 5.74) is 1.29. The molecule has 0 aromatic heterocycles. The van der Waals surface area contributed by atoms with Gasteiger partial charge in [0.2, 0.25) is 6.10 Å². The molecule has 0 aliphatic heterocycles. The van der Waals surface area contributed by atoms with Crippen molar-refractivity contribution < 1.29 is 24.2 Å². The van der Waals surface area contributed by atoms with Crippen molar-refractivity contribution in [1.82, 2.24) is 0 Å². The molecule has 0 radical (unpaired) electrons. The molecule has 0 spiro atoms. The van der Waals surface area contributed by atoms with Gasteiger partial charge in [0.1, 0.15) is 5.78 Å². The van der Waals surface area contributed by atoms with E-state index in [0.29, 0.717) is 24.5 Å². The number of unbranched alkanes of at least 4 members (excludes halogenated alkanes) is 2. The van der Waals surface area contributed by atoms with Crippen LogP contribution in [0.3, 0.4) is 0 Å². The monoisotopic (exact) mass is 406 g/mol. The van der Waals surface area contributed by atoms with Gasteiger partial charge in [-0.15, -0.1) is 0 Å². The summed E-state index contributed by atoms with van der Waals surface area (Å²) in [6.45, 7) is 8.02. The molecule has 0 amide bonds. The predicted octanol–water partition coefficient (Wildman–Crippen LogP) is 4.72. The van der Waals surface area contributed by atoms with Crippen molar-refractivity contribution in [3.8, 4) is 0 Å². The fraction of sp³-hybridized carbons (Fsp3) is 0.708. The summed E-state index contributed by atoms with van der Waals surface area (Å²) in [5.74, 6) is -0.600. The van der Waals surface area contributed by atoms with Crippen LogP contribution in [0.1, 0.15) is 84.5 Å². The molecule has 29 heavy (non-hydrogen) atoms. The summed E-state index contributed by atoms with van der Waals surface area (Å²) in [6, 6.07) is 0. The molecule has 1 aliphatic carbocycles. The second kappa shape index (κ2) is 14.3. The van der Waals surface area contributed by atoms with Crippen molar-refractivity contribution in [1.29, 1.82) is 0 Å². The lowest BCUT2D eigenvalue weighted by Crippen LogP contribution is -2.31. The SMILES string of the molecule is C=C(CCC)CCC=C[C@H]1CCC(=O)[C@@H]1CCCCCC(=O)C(O)C(=O)OCC. The van der Waals surface area contributed by atoms with E-state index in [-0.39, 0.29) is 18.9 Å². The van der Waals surface area contributed by atoms with Crippen LogP contribution in [0.15, 0.2) is 24.3 Å². The molecule has 0 aromatic carbocycles. The maximum atomic E-state index is 12.2. The van der Waals surface area contributed by atoms with E-state index in [1.807, 2.05) is 0 Å². The van der Waals surface area contributed by atoms with Crippen LogP contribution in [0.4, 0.5) is 0 Å². The molecule has 1 unspecified atom stereocenters. The zero-order valence-electron chi connectivity index (χ0n) is 18.2. The van der Waals surface area contributed by atoms with Crippen molar-refractivity contribution in [2.24, 2.45) is 11.8 Å². The third-order valence-corrected chi connectivity index (χ3v) is 5.56. The number of Topliss-reactive ketones (excluding diaryl/α,β-unsaturated/α-hetero) is 2. The lowest BCUT2D eigenvalue weighted by molar-refractivity contribution is -0.157. The van der Waals surface area contributed by atoms with Crippen molar-refractivity contribution in [3.05, 3.63) is 24.3 Å². The van der Waals surface area contributed by atoms with E-state index in [1.165, 1.54) is 5.57 Å². The number of ether oxygens (including phenoxy) is 1. The van der Waals surface area contributed by atoms with Crippen LogP contribution >= 0.6 is 0 Å². The Kier molecular flexibility index (Phi) is 12.4. The van der Waals surface area contributed by atoms with Gasteiger partial charge in [0.15, 0.2) is 5.78 Å². The molecule has 0 heterocycles. The summed E-state index contributed by atoms with van der Waals surface area (Å²) in [4.78, 5) is 35.4. The molecule has 1 rings (SSSR count). The van der Waals surface area contributed by atoms with Gasteiger partial charge >= 0.3 is 5.97 Å². The second-order valence-electron chi connectivity index (χ2n) is 7.96. The maximum absolute atomic E-state index is 12.2. The van der Waals surface area contributed by atoms with Crippen molar-refractivity contribution in [2.45, 2.75) is 90.6 Å². The standard InChI is InChI=1S/C24H38O5/c1-4-11-18(3)12-9-10-13-19-16-17-21(25)20(19)14-7-6-8-15-22(26)23(27)24(28)29-5-2/h10,13,19-20,23,27H,3-9,11-12,14-17H2,1-2H3/t19-,20+,23?/m0/s1. The Bertz CT molecular complexity index is 578. The van der Waals surface area contributed by atoms with Gasteiger partial charge < -0.3 is 9.84 Å². The first-order valence-electron chi connectivity index (χ1n) is 11.1. The summed E-state index contributed by atoms with van der Waals surface area (Å²) in [6.07, 6.45) is 11.8. The van der Waals surface area contributed by atoms with Gasteiger partial charge in [-0.05, 0) is 51.4 Å². The first-order chi connectivity index (χ1) is 13.9. The van der Waals surface area contributed by atoms with E-state index in [9.17, 15) is 19.5 Å². The quantitative estimate of drug-likeness (QED) is 0.184. The van der Waals surface area contributed by atoms with E-state index < -0.39 is 17.9 Å². The summed E-state index contributed by atoms with van der Waals surface area (Å²) >= 11 is 0. The van der Waals surface area contributed by atoms with E-state index in [1.54, 1.807) is 6.92 Å². The van der Waals surface area contributed by atoms with E-state index in [4.69, 9.17) is 0 Å². The third-order valence-electron chi connectivity index (χ3n) is 5.56. The summed E-state index contributed by atoms with van der Waals surface area (Å²) in [5, 5.41) is 9.60. The van der Waals surface area contributed by atoms with Gasteiger partial charge in [-0.3, -0.25) is 9.59 Å². The lowest BCUT2D eigenvalue weighted by atomic mass is 9.89. The largest absolute Gasteiger partial charge is 0.464 e. The smallest absolute Gasteiger partial charge is 0.342 e. The van der Waals surface area contributed by atoms with Crippen LogP contribution in [-0.2, 0) is 19.1 Å². The molecule has 1 N–H and O–H groups in total. The number of hydrogen-bond acceptors (Lipinski definition) is 5. The van der Waals surface area contributed by atoms with E-state index in [0.717, 1.165) is 51.4 Å². The van der Waals surface area contributed by atoms with Crippen molar-refractivity contribution in [2.75, 3.05) is 6.61 Å². The molecule has 5 heteroatoms. The van der Waals surface area contributed by atoms with Crippen LogP contribution in [-0.4, -0.2) is 35.4 Å². The highest BCUT2D eigenvalue weighted by Gasteiger charge is 2.32. The molecule has 5 nitrogen and oxygen atoms in total. The number of ketones is 2. The van der Waals surface area contributed by atoms with Crippen LogP contribution in [0, 0.1) is 11.8 Å². The normalized spacial score (nSPS) is 20.2. The Hall–Kier alpha value is -1.75. The molecule has 0 saturated heterocycles. The van der Waals surface area contributed by atoms with Crippen LogP contribution in [0.5, 0.6) is 0 Å². The molecular formula is C24H38O5.